The van der Waals surface area contributed by atoms with E-state index >= 15 is 0 Å². The van der Waals surface area contributed by atoms with Gasteiger partial charge in [0.15, 0.2) is 23.2 Å². The van der Waals surface area contributed by atoms with E-state index in [0.717, 1.165) is 13.8 Å². The lowest BCUT2D eigenvalue weighted by atomic mass is 9.99. The van der Waals surface area contributed by atoms with Crippen LogP contribution < -0.4 is 0 Å². The average molecular weight is 418 g/mol. The maximum absolute atomic E-state index is 11.8. The zero-order chi connectivity index (χ0) is 24.8. The predicted molar refractivity (Wildman–Crippen MR) is 80.9 cm³/mol. The molecule has 136 valence electrons. The van der Waals surface area contributed by atoms with E-state index in [2.05, 4.69) is 34.9 Å². The van der Waals surface area contributed by atoms with E-state index in [-0.39, 0.29) is 0 Å². The fraction of sp³-hybridized carbons (Fsp3) is 0.714. The van der Waals surface area contributed by atoms with Gasteiger partial charge in [0.25, 0.3) is 0 Å². The minimum Gasteiger partial charge on any atom is -0.463 e. The second-order valence-electron chi connectivity index (χ2n) is 4.17. The number of hydrogen-bond acceptors (Lipinski definition) is 9. The molecule has 0 bridgehead atoms. The molecule has 0 N–H and O–H groups in total. The highest BCUT2D eigenvalue weighted by Gasteiger charge is 2.51. The molecule has 0 radical (unpaired) electrons. The second-order valence-corrected chi connectivity index (χ2v) is 4.89. The van der Waals surface area contributed by atoms with Crippen molar-refractivity contribution in [3.63, 3.8) is 0 Å². The molecule has 5 unspecified atom stereocenters. The summed E-state index contributed by atoms with van der Waals surface area (Å²) in [6.45, 7) is -0.955. The van der Waals surface area contributed by atoms with Crippen molar-refractivity contribution in [2.45, 2.75) is 57.0 Å². The highest BCUT2D eigenvalue weighted by atomic mass is 79.9. The SMILES string of the molecule is [2H]C([2H])(OC(C)=O)C1([2H])OC([2H])(Br)C([2H])(OC(C)=O)C([2H])(OC(C)=O)C1([2H])OC(C)=O. The number of rotatable bonds is 5. The van der Waals surface area contributed by atoms with Crippen LogP contribution in [0.3, 0.4) is 0 Å². The van der Waals surface area contributed by atoms with Crippen LogP contribution in [0.1, 0.15) is 37.3 Å². The van der Waals surface area contributed by atoms with E-state index < -0.39 is 59.7 Å². The number of carbonyl (C=O) groups excluding carboxylic acids is 4. The van der Waals surface area contributed by atoms with Gasteiger partial charge in [-0.2, -0.15) is 0 Å². The van der Waals surface area contributed by atoms with Crippen LogP contribution in [-0.2, 0) is 42.9 Å². The molecule has 1 aliphatic rings. The first-order valence-corrected chi connectivity index (χ1v) is 7.09. The monoisotopic (exact) mass is 417 g/mol. The van der Waals surface area contributed by atoms with Gasteiger partial charge >= 0.3 is 23.9 Å². The lowest BCUT2D eigenvalue weighted by Crippen LogP contribution is -2.60. The van der Waals surface area contributed by atoms with Crippen LogP contribution in [0.5, 0.6) is 0 Å². The van der Waals surface area contributed by atoms with Crippen molar-refractivity contribution in [3.05, 3.63) is 0 Å². The molecular weight excluding hydrogens is 392 g/mol. The number of carbonyl (C=O) groups is 4. The van der Waals surface area contributed by atoms with Gasteiger partial charge in [0.05, 0.1) is 9.60 Å². The first-order valence-electron chi connectivity index (χ1n) is 9.80. The molecule has 0 aromatic carbocycles. The molecule has 0 aromatic rings. The fourth-order valence-electron chi connectivity index (χ4n) is 1.37. The molecule has 24 heavy (non-hydrogen) atoms. The Kier molecular flexibility index (Phi) is 4.41. The zero-order valence-electron chi connectivity index (χ0n) is 20.1. The van der Waals surface area contributed by atoms with Crippen LogP contribution in [0, 0.1) is 0 Å². The summed E-state index contributed by atoms with van der Waals surface area (Å²) >= 11 is 2.48. The largest absolute Gasteiger partial charge is 0.463 e. The third kappa shape index (κ3) is 6.08. The van der Waals surface area contributed by atoms with E-state index in [1.807, 2.05) is 0 Å². The van der Waals surface area contributed by atoms with Crippen LogP contribution in [-0.4, -0.2) is 59.7 Å². The lowest BCUT2D eigenvalue weighted by Gasteiger charge is -2.42. The minimum absolute atomic E-state index is 0.667. The summed E-state index contributed by atoms with van der Waals surface area (Å²) in [5.41, 5.74) is 0. The first kappa shape index (κ1) is 11.8. The molecule has 9 nitrogen and oxygen atoms in total. The van der Waals surface area contributed by atoms with E-state index in [1.54, 1.807) is 0 Å². The van der Waals surface area contributed by atoms with Crippen LogP contribution in [0.4, 0.5) is 0 Å². The summed E-state index contributed by atoms with van der Waals surface area (Å²) in [5.74, 6) is -5.57. The number of ether oxygens (including phenoxy) is 5. The zero-order valence-corrected chi connectivity index (χ0v) is 14.6. The highest BCUT2D eigenvalue weighted by molar-refractivity contribution is 9.09. The average Bonchev–Trinajstić information content (AvgIpc) is 2.49. The van der Waals surface area contributed by atoms with Gasteiger partial charge in [0.2, 0.25) is 0 Å². The molecule has 0 spiro atoms. The van der Waals surface area contributed by atoms with Crippen molar-refractivity contribution >= 4 is 39.8 Å². The van der Waals surface area contributed by atoms with E-state index in [9.17, 15) is 19.2 Å². The maximum Gasteiger partial charge on any atom is 0.303 e. The third-order valence-corrected chi connectivity index (χ3v) is 2.54. The standard InChI is InChI=1S/C14H19BrO9/c1-6(16)20-5-10-11(21-7(2)17)12(22-8(3)18)13(14(15)24-10)23-9(4)19/h10-14H,5H2,1-4H3/i5D2,10D,11D,12D,13D,14D. The summed E-state index contributed by atoms with van der Waals surface area (Å²) in [7, 11) is 0. The molecule has 1 heterocycles. The lowest BCUT2D eigenvalue weighted by molar-refractivity contribution is -0.236. The number of esters is 4. The van der Waals surface area contributed by atoms with Gasteiger partial charge in [-0.1, -0.05) is 15.9 Å². The van der Waals surface area contributed by atoms with Gasteiger partial charge in [0.1, 0.15) is 12.6 Å². The summed E-state index contributed by atoms with van der Waals surface area (Å²) < 4.78 is 81.4. The normalized spacial score (nSPS) is 49.5. The maximum atomic E-state index is 11.8. The molecule has 0 amide bonds. The van der Waals surface area contributed by atoms with Gasteiger partial charge in [-0.3, -0.25) is 19.2 Å². The summed E-state index contributed by atoms with van der Waals surface area (Å²) in [5, 5.41) is 0. The minimum atomic E-state index is -3.91. The van der Waals surface area contributed by atoms with E-state index in [1.165, 1.54) is 0 Å². The molecule has 1 aliphatic heterocycles. The summed E-state index contributed by atoms with van der Waals surface area (Å²) in [6.07, 6.45) is -15.2. The van der Waals surface area contributed by atoms with Crippen molar-refractivity contribution in [1.82, 2.24) is 0 Å². The van der Waals surface area contributed by atoms with Gasteiger partial charge in [-0.25, -0.2) is 0 Å². The Balaban J connectivity index is 4.11. The summed E-state index contributed by atoms with van der Waals surface area (Å²) in [4.78, 5) is 43.2. The van der Waals surface area contributed by atoms with Crippen molar-refractivity contribution in [3.8, 4) is 0 Å². The molecule has 1 rings (SSSR count). The smallest absolute Gasteiger partial charge is 0.303 e. The Morgan fingerprint density at radius 2 is 1.38 bits per heavy atom. The van der Waals surface area contributed by atoms with Crippen LogP contribution in [0.15, 0.2) is 0 Å². The van der Waals surface area contributed by atoms with Crippen LogP contribution in [0.25, 0.3) is 0 Å². The molecule has 0 aliphatic carbocycles. The number of hydrogen-bond donors (Lipinski definition) is 0. The Morgan fingerprint density at radius 1 is 0.917 bits per heavy atom. The Morgan fingerprint density at radius 3 is 1.83 bits per heavy atom. The topological polar surface area (TPSA) is 114 Å². The van der Waals surface area contributed by atoms with Gasteiger partial charge in [0, 0.05) is 27.7 Å². The van der Waals surface area contributed by atoms with E-state index in [0.29, 0.717) is 13.8 Å². The van der Waals surface area contributed by atoms with Gasteiger partial charge in [-0.05, 0) is 0 Å². The van der Waals surface area contributed by atoms with Crippen molar-refractivity contribution in [2.24, 2.45) is 0 Å². The molecule has 1 fully saturated rings. The molecule has 10 heteroatoms. The molecule has 0 saturated carbocycles. The molecular formula is C14H19BrO9. The molecule has 0 aromatic heterocycles. The Bertz CT molecular complexity index is 811. The third-order valence-electron chi connectivity index (χ3n) is 2.01. The summed E-state index contributed by atoms with van der Waals surface area (Å²) in [6, 6.07) is 0. The number of alkyl halides is 1. The fourth-order valence-corrected chi connectivity index (χ4v) is 1.79. The molecule has 5 atom stereocenters. The van der Waals surface area contributed by atoms with Gasteiger partial charge < -0.3 is 23.7 Å². The first-order chi connectivity index (χ1) is 13.6. The van der Waals surface area contributed by atoms with E-state index in [4.69, 9.17) is 14.3 Å². The van der Waals surface area contributed by atoms with Crippen LogP contribution in [0.2, 0.25) is 0 Å². The van der Waals surface area contributed by atoms with Crippen molar-refractivity contribution in [2.75, 3.05) is 6.56 Å². The highest BCUT2D eigenvalue weighted by Crippen LogP contribution is 2.31. The van der Waals surface area contributed by atoms with Crippen LogP contribution >= 0.6 is 15.9 Å². The van der Waals surface area contributed by atoms with Crippen molar-refractivity contribution in [1.29, 1.82) is 0 Å². The number of halogens is 1. The Hall–Kier alpha value is -1.68. The molecule has 1 saturated heterocycles. The van der Waals surface area contributed by atoms with Crippen molar-refractivity contribution < 1.29 is 52.5 Å². The second kappa shape index (κ2) is 8.97. The quantitative estimate of drug-likeness (QED) is 0.357. The Labute approximate surface area is 156 Å². The van der Waals surface area contributed by atoms with Gasteiger partial charge in [-0.15, -0.1) is 0 Å². The predicted octanol–water partition coefficient (Wildman–Crippen LogP) is 0.464.